The van der Waals surface area contributed by atoms with E-state index in [1.54, 1.807) is 6.07 Å². The topological polar surface area (TPSA) is 0 Å². The average molecular weight is 261 g/mol. The minimum Gasteiger partial charge on any atom is -0.166 e. The molecule has 0 unspecified atom stereocenters. The minimum atomic E-state index is -4.25. The van der Waals surface area contributed by atoms with Crippen LogP contribution in [0.15, 0.2) is 28.7 Å². The molecule has 0 aliphatic heterocycles. The van der Waals surface area contributed by atoms with Gasteiger partial charge in [-0.25, -0.2) is 0 Å². The van der Waals surface area contributed by atoms with E-state index in [4.69, 9.17) is 0 Å². The largest absolute Gasteiger partial charge is 0.416 e. The maximum atomic E-state index is 11.9. The molecule has 0 aromatic heterocycles. The SMILES string of the molecule is Cl.FC(F)(F)c1cccc(Br)c1. The lowest BCUT2D eigenvalue weighted by atomic mass is 10.2. The van der Waals surface area contributed by atoms with Crippen LogP contribution in [0.25, 0.3) is 0 Å². The van der Waals surface area contributed by atoms with Gasteiger partial charge >= 0.3 is 6.18 Å². The van der Waals surface area contributed by atoms with Crippen LogP contribution in [0.3, 0.4) is 0 Å². The molecule has 0 heterocycles. The number of hydrogen-bond donors (Lipinski definition) is 0. The molecule has 0 N–H and O–H groups in total. The Hall–Kier alpha value is -0.220. The standard InChI is InChI=1S/C7H4BrF3.ClH/c8-6-3-1-2-5(4-6)7(9,10)11;/h1-4H;1H. The Bertz CT molecular complexity index is 259. The molecule has 0 bridgehead atoms. The molecular formula is C7H5BrClF3. The smallest absolute Gasteiger partial charge is 0.166 e. The molecule has 68 valence electrons. The highest BCUT2D eigenvalue weighted by Crippen LogP contribution is 2.30. The lowest BCUT2D eigenvalue weighted by Crippen LogP contribution is -2.03. The van der Waals surface area contributed by atoms with Gasteiger partial charge in [0.05, 0.1) is 5.56 Å². The van der Waals surface area contributed by atoms with Crippen molar-refractivity contribution in [2.75, 3.05) is 0 Å². The second-order valence-electron chi connectivity index (χ2n) is 2.01. The average Bonchev–Trinajstić information content (AvgIpc) is 1.86. The highest BCUT2D eigenvalue weighted by Gasteiger charge is 2.30. The predicted molar refractivity (Wildman–Crippen MR) is 46.4 cm³/mol. The van der Waals surface area contributed by atoms with E-state index >= 15 is 0 Å². The van der Waals surface area contributed by atoms with E-state index in [0.29, 0.717) is 4.47 Å². The predicted octanol–water partition coefficient (Wildman–Crippen LogP) is 3.89. The maximum absolute atomic E-state index is 11.9. The Kier molecular flexibility index (Phi) is 4.06. The molecule has 0 radical (unpaired) electrons. The van der Waals surface area contributed by atoms with Gasteiger partial charge in [0.15, 0.2) is 0 Å². The number of hydrogen-bond acceptors (Lipinski definition) is 0. The van der Waals surface area contributed by atoms with Gasteiger partial charge in [-0.1, -0.05) is 22.0 Å². The van der Waals surface area contributed by atoms with E-state index in [1.165, 1.54) is 6.07 Å². The zero-order valence-corrected chi connectivity index (χ0v) is 8.13. The number of benzene rings is 1. The summed E-state index contributed by atoms with van der Waals surface area (Å²) in [7, 11) is 0. The third kappa shape index (κ3) is 3.03. The van der Waals surface area contributed by atoms with E-state index in [-0.39, 0.29) is 12.4 Å². The third-order valence-electron chi connectivity index (χ3n) is 1.15. The number of alkyl halides is 3. The van der Waals surface area contributed by atoms with Crippen LogP contribution in [0.1, 0.15) is 5.56 Å². The molecule has 0 spiro atoms. The lowest BCUT2D eigenvalue weighted by Gasteiger charge is -2.05. The number of halogens is 5. The quantitative estimate of drug-likeness (QED) is 0.664. The fourth-order valence-corrected chi connectivity index (χ4v) is 1.06. The monoisotopic (exact) mass is 260 g/mol. The summed E-state index contributed by atoms with van der Waals surface area (Å²) in [6, 6.07) is 4.98. The zero-order valence-electron chi connectivity index (χ0n) is 5.73. The second-order valence-corrected chi connectivity index (χ2v) is 2.92. The molecule has 1 aromatic rings. The molecule has 1 rings (SSSR count). The number of rotatable bonds is 0. The summed E-state index contributed by atoms with van der Waals surface area (Å²) in [5.74, 6) is 0. The molecule has 0 aliphatic carbocycles. The molecule has 0 saturated heterocycles. The van der Waals surface area contributed by atoms with Crippen LogP contribution in [0.5, 0.6) is 0 Å². The Morgan fingerprint density at radius 2 is 1.75 bits per heavy atom. The highest BCUT2D eigenvalue weighted by molar-refractivity contribution is 9.10. The third-order valence-corrected chi connectivity index (χ3v) is 1.65. The first-order valence-corrected chi connectivity index (χ1v) is 3.62. The van der Waals surface area contributed by atoms with Gasteiger partial charge in [0.2, 0.25) is 0 Å². The van der Waals surface area contributed by atoms with Crippen LogP contribution in [-0.4, -0.2) is 0 Å². The van der Waals surface area contributed by atoms with Gasteiger partial charge in [0.25, 0.3) is 0 Å². The van der Waals surface area contributed by atoms with E-state index in [2.05, 4.69) is 15.9 Å². The first-order chi connectivity index (χ1) is 5.00. The summed E-state index contributed by atoms with van der Waals surface area (Å²) in [5, 5.41) is 0. The first-order valence-electron chi connectivity index (χ1n) is 2.83. The van der Waals surface area contributed by atoms with E-state index in [1.807, 2.05) is 0 Å². The fraction of sp³-hybridized carbons (Fsp3) is 0.143. The van der Waals surface area contributed by atoms with Crippen LogP contribution in [0, 0.1) is 0 Å². The van der Waals surface area contributed by atoms with Crippen molar-refractivity contribution >= 4 is 28.3 Å². The molecule has 12 heavy (non-hydrogen) atoms. The van der Waals surface area contributed by atoms with Gasteiger partial charge in [-0.15, -0.1) is 12.4 Å². The Balaban J connectivity index is 0.00000121. The maximum Gasteiger partial charge on any atom is 0.416 e. The van der Waals surface area contributed by atoms with Crippen LogP contribution in [0.4, 0.5) is 13.2 Å². The van der Waals surface area contributed by atoms with Gasteiger partial charge in [-0.05, 0) is 18.2 Å². The van der Waals surface area contributed by atoms with Crippen molar-refractivity contribution in [1.82, 2.24) is 0 Å². The highest BCUT2D eigenvalue weighted by atomic mass is 79.9. The normalized spacial score (nSPS) is 10.7. The van der Waals surface area contributed by atoms with Gasteiger partial charge in [0.1, 0.15) is 0 Å². The summed E-state index contributed by atoms with van der Waals surface area (Å²) >= 11 is 2.95. The van der Waals surface area contributed by atoms with Crippen LogP contribution >= 0.6 is 28.3 Å². The summed E-state index contributed by atoms with van der Waals surface area (Å²) < 4.78 is 36.3. The molecule has 0 nitrogen and oxygen atoms in total. The Labute approximate surface area is 82.3 Å². The Morgan fingerprint density at radius 3 is 2.08 bits per heavy atom. The molecule has 0 aliphatic rings. The summed E-state index contributed by atoms with van der Waals surface area (Å²) in [5.41, 5.74) is -0.633. The molecule has 0 saturated carbocycles. The van der Waals surface area contributed by atoms with Crippen molar-refractivity contribution in [3.8, 4) is 0 Å². The molecule has 1 aromatic carbocycles. The Morgan fingerprint density at radius 1 is 1.17 bits per heavy atom. The van der Waals surface area contributed by atoms with Gasteiger partial charge in [0, 0.05) is 4.47 Å². The zero-order chi connectivity index (χ0) is 8.48. The summed E-state index contributed by atoms with van der Waals surface area (Å²) in [4.78, 5) is 0. The van der Waals surface area contributed by atoms with Gasteiger partial charge in [-0.3, -0.25) is 0 Å². The minimum absolute atomic E-state index is 0. The second kappa shape index (κ2) is 4.14. The molecule has 0 amide bonds. The molecule has 0 atom stereocenters. The fourth-order valence-electron chi connectivity index (χ4n) is 0.665. The van der Waals surface area contributed by atoms with Crippen molar-refractivity contribution in [2.45, 2.75) is 6.18 Å². The van der Waals surface area contributed by atoms with Crippen molar-refractivity contribution < 1.29 is 13.2 Å². The van der Waals surface area contributed by atoms with Crippen molar-refractivity contribution in [3.63, 3.8) is 0 Å². The van der Waals surface area contributed by atoms with E-state index in [9.17, 15) is 13.2 Å². The van der Waals surface area contributed by atoms with Gasteiger partial charge < -0.3 is 0 Å². The van der Waals surface area contributed by atoms with Crippen molar-refractivity contribution in [3.05, 3.63) is 34.3 Å². The van der Waals surface area contributed by atoms with Crippen molar-refractivity contribution in [2.24, 2.45) is 0 Å². The molecule has 0 fully saturated rings. The van der Waals surface area contributed by atoms with Crippen LogP contribution in [-0.2, 0) is 6.18 Å². The van der Waals surface area contributed by atoms with Gasteiger partial charge in [-0.2, -0.15) is 13.2 Å². The van der Waals surface area contributed by atoms with E-state index in [0.717, 1.165) is 12.1 Å². The van der Waals surface area contributed by atoms with Crippen molar-refractivity contribution in [1.29, 1.82) is 0 Å². The van der Waals surface area contributed by atoms with E-state index < -0.39 is 11.7 Å². The molecular weight excluding hydrogens is 256 g/mol. The van der Waals surface area contributed by atoms with Crippen LogP contribution < -0.4 is 0 Å². The first kappa shape index (κ1) is 11.8. The van der Waals surface area contributed by atoms with Crippen LogP contribution in [0.2, 0.25) is 0 Å². The lowest BCUT2D eigenvalue weighted by molar-refractivity contribution is -0.137. The summed E-state index contributed by atoms with van der Waals surface area (Å²) in [6.07, 6.45) is -4.25. The summed E-state index contributed by atoms with van der Waals surface area (Å²) in [6.45, 7) is 0. The molecule has 5 heteroatoms.